The largest absolute Gasteiger partial charge is 0.478 e. The highest BCUT2D eigenvalue weighted by atomic mass is 32.2. The van der Waals surface area contributed by atoms with Gasteiger partial charge in [-0.3, -0.25) is 19.8 Å². The molecule has 1 fully saturated rings. The summed E-state index contributed by atoms with van der Waals surface area (Å²) in [7, 11) is 0. The smallest absolute Gasteiger partial charge is 0.335 e. The Morgan fingerprint density at radius 1 is 1.10 bits per heavy atom. The number of amides is 1. The molecule has 0 bridgehead atoms. The molecule has 29 heavy (non-hydrogen) atoms. The molecule has 1 amide bonds. The van der Waals surface area contributed by atoms with E-state index in [1.807, 2.05) is 0 Å². The van der Waals surface area contributed by atoms with Gasteiger partial charge in [0.15, 0.2) is 4.32 Å². The van der Waals surface area contributed by atoms with Gasteiger partial charge >= 0.3 is 11.9 Å². The second-order valence-corrected chi connectivity index (χ2v) is 7.39. The van der Waals surface area contributed by atoms with E-state index in [4.69, 9.17) is 12.2 Å². The van der Waals surface area contributed by atoms with E-state index >= 15 is 0 Å². The van der Waals surface area contributed by atoms with Gasteiger partial charge in [-0.05, 0) is 30.3 Å². The summed E-state index contributed by atoms with van der Waals surface area (Å²) >= 11 is 6.07. The van der Waals surface area contributed by atoms with Gasteiger partial charge in [0.2, 0.25) is 0 Å². The predicted molar refractivity (Wildman–Crippen MR) is 109 cm³/mol. The molecule has 0 unspecified atom stereocenters. The number of rotatable bonds is 5. The highest BCUT2D eigenvalue weighted by Crippen LogP contribution is 2.37. The van der Waals surface area contributed by atoms with Crippen molar-refractivity contribution in [3.05, 3.63) is 74.2 Å². The molecule has 1 heterocycles. The third kappa shape index (κ3) is 4.00. The molecule has 0 saturated carbocycles. The minimum absolute atomic E-state index is 0.0178. The number of nitro groups is 1. The van der Waals surface area contributed by atoms with E-state index in [2.05, 4.69) is 0 Å². The standard InChI is InChI=1S/C18H10N2O7S2/c21-15-14(8-9-3-1-2-4-13(9)20(26)27)29-18(28)19(15)12-6-10(16(22)23)5-11(7-12)17(24)25/h1-8H,(H,22,23)(H,24,25)/b14-8-. The fourth-order valence-electron chi connectivity index (χ4n) is 2.59. The molecule has 2 aromatic carbocycles. The Labute approximate surface area is 172 Å². The van der Waals surface area contributed by atoms with Gasteiger partial charge in [0.1, 0.15) is 0 Å². The number of thiocarbonyl (C=S) groups is 1. The first kappa shape index (κ1) is 20.2. The molecule has 3 rings (SSSR count). The van der Waals surface area contributed by atoms with Crippen LogP contribution in [0.2, 0.25) is 0 Å². The van der Waals surface area contributed by atoms with Crippen molar-refractivity contribution in [2.45, 2.75) is 0 Å². The molecule has 0 radical (unpaired) electrons. The van der Waals surface area contributed by atoms with Crippen molar-refractivity contribution in [2.75, 3.05) is 4.90 Å². The fourth-order valence-corrected chi connectivity index (χ4v) is 3.88. The van der Waals surface area contributed by atoms with E-state index < -0.39 is 22.8 Å². The normalized spacial score (nSPS) is 15.0. The maximum Gasteiger partial charge on any atom is 0.335 e. The number of anilines is 1. The summed E-state index contributed by atoms with van der Waals surface area (Å²) in [6.45, 7) is 0. The summed E-state index contributed by atoms with van der Waals surface area (Å²) in [5.41, 5.74) is -0.661. The first-order valence-corrected chi connectivity index (χ1v) is 9.04. The van der Waals surface area contributed by atoms with Crippen LogP contribution in [0.5, 0.6) is 0 Å². The number of carbonyl (C=O) groups excluding carboxylic acids is 1. The Morgan fingerprint density at radius 2 is 1.69 bits per heavy atom. The van der Waals surface area contributed by atoms with Crippen LogP contribution >= 0.6 is 24.0 Å². The van der Waals surface area contributed by atoms with Crippen LogP contribution in [-0.2, 0) is 4.79 Å². The van der Waals surface area contributed by atoms with Crippen LogP contribution < -0.4 is 4.90 Å². The number of carboxylic acids is 2. The maximum atomic E-state index is 12.8. The second-order valence-electron chi connectivity index (χ2n) is 5.71. The zero-order valence-electron chi connectivity index (χ0n) is 14.3. The van der Waals surface area contributed by atoms with Gasteiger partial charge in [-0.2, -0.15) is 0 Å². The highest BCUT2D eigenvalue weighted by Gasteiger charge is 2.34. The Bertz CT molecular complexity index is 1090. The van der Waals surface area contributed by atoms with Crippen molar-refractivity contribution in [3.63, 3.8) is 0 Å². The molecule has 1 aliphatic heterocycles. The number of carbonyl (C=O) groups is 3. The number of benzene rings is 2. The fraction of sp³-hybridized carbons (Fsp3) is 0. The van der Waals surface area contributed by atoms with Gasteiger partial charge in [-0.15, -0.1) is 0 Å². The van der Waals surface area contributed by atoms with Gasteiger partial charge in [0.05, 0.1) is 32.2 Å². The predicted octanol–water partition coefficient (Wildman–Crippen LogP) is 3.40. The molecule has 0 aromatic heterocycles. The Hall–Kier alpha value is -3.57. The van der Waals surface area contributed by atoms with Crippen LogP contribution in [0.1, 0.15) is 26.3 Å². The molecule has 2 aromatic rings. The highest BCUT2D eigenvalue weighted by molar-refractivity contribution is 8.27. The van der Waals surface area contributed by atoms with Crippen molar-refractivity contribution in [1.29, 1.82) is 0 Å². The molecular formula is C18H10N2O7S2. The lowest BCUT2D eigenvalue weighted by atomic mass is 10.1. The average Bonchev–Trinajstić information content (AvgIpc) is 2.94. The second kappa shape index (κ2) is 7.81. The van der Waals surface area contributed by atoms with E-state index in [9.17, 15) is 34.7 Å². The molecule has 1 saturated heterocycles. The van der Waals surface area contributed by atoms with E-state index in [-0.39, 0.29) is 37.3 Å². The molecule has 0 spiro atoms. The SMILES string of the molecule is O=C(O)c1cc(C(=O)O)cc(N2C(=O)/C(=C/c3ccccc3[N+](=O)[O-])SC2=S)c1. The van der Waals surface area contributed by atoms with Crippen LogP contribution in [0, 0.1) is 10.1 Å². The lowest BCUT2D eigenvalue weighted by molar-refractivity contribution is -0.385. The number of para-hydroxylation sites is 1. The van der Waals surface area contributed by atoms with Gasteiger partial charge in [-0.1, -0.05) is 36.1 Å². The maximum absolute atomic E-state index is 12.8. The number of nitro benzene ring substituents is 1. The van der Waals surface area contributed by atoms with E-state index in [1.54, 1.807) is 6.07 Å². The lowest BCUT2D eigenvalue weighted by Gasteiger charge is -2.16. The minimum Gasteiger partial charge on any atom is -0.478 e. The molecule has 0 atom stereocenters. The Morgan fingerprint density at radius 3 is 2.24 bits per heavy atom. The number of carboxylic acid groups (broad SMARTS) is 2. The van der Waals surface area contributed by atoms with Crippen molar-refractivity contribution < 1.29 is 29.5 Å². The van der Waals surface area contributed by atoms with E-state index in [0.717, 1.165) is 34.9 Å². The van der Waals surface area contributed by atoms with Crippen molar-refractivity contribution in [1.82, 2.24) is 0 Å². The minimum atomic E-state index is -1.37. The number of hydrogen-bond acceptors (Lipinski definition) is 7. The van der Waals surface area contributed by atoms with Crippen LogP contribution in [0.25, 0.3) is 6.08 Å². The molecule has 9 nitrogen and oxygen atoms in total. The molecular weight excluding hydrogens is 420 g/mol. The van der Waals surface area contributed by atoms with Crippen LogP contribution in [0.15, 0.2) is 47.4 Å². The summed E-state index contributed by atoms with van der Waals surface area (Å²) in [4.78, 5) is 47.1. The monoisotopic (exact) mass is 430 g/mol. The van der Waals surface area contributed by atoms with Crippen molar-refractivity contribution in [3.8, 4) is 0 Å². The summed E-state index contributed by atoms with van der Waals surface area (Å²) in [5, 5.41) is 29.6. The number of hydrogen-bond donors (Lipinski definition) is 2. The summed E-state index contributed by atoms with van der Waals surface area (Å²) < 4.78 is 0.0405. The molecule has 1 aliphatic rings. The lowest BCUT2D eigenvalue weighted by Crippen LogP contribution is -2.28. The summed E-state index contributed by atoms with van der Waals surface area (Å²) in [5.74, 6) is -3.37. The Kier molecular flexibility index (Phi) is 5.43. The van der Waals surface area contributed by atoms with Crippen LogP contribution in [0.4, 0.5) is 11.4 Å². The summed E-state index contributed by atoms with van der Waals surface area (Å²) in [6.07, 6.45) is 1.32. The molecule has 11 heteroatoms. The third-order valence-electron chi connectivity index (χ3n) is 3.88. The van der Waals surface area contributed by atoms with Crippen LogP contribution in [-0.4, -0.2) is 37.3 Å². The zero-order chi connectivity index (χ0) is 21.3. The van der Waals surface area contributed by atoms with Gasteiger partial charge in [-0.25, -0.2) is 9.59 Å². The first-order chi connectivity index (χ1) is 13.7. The van der Waals surface area contributed by atoms with E-state index in [1.165, 1.54) is 24.3 Å². The number of nitrogens with zero attached hydrogens (tertiary/aromatic N) is 2. The van der Waals surface area contributed by atoms with Crippen molar-refractivity contribution in [2.24, 2.45) is 0 Å². The molecule has 146 valence electrons. The summed E-state index contributed by atoms with van der Waals surface area (Å²) in [6, 6.07) is 9.07. The molecule has 0 aliphatic carbocycles. The number of aromatic carboxylic acids is 2. The Balaban J connectivity index is 2.06. The van der Waals surface area contributed by atoms with Gasteiger partial charge < -0.3 is 10.2 Å². The first-order valence-electron chi connectivity index (χ1n) is 7.82. The third-order valence-corrected chi connectivity index (χ3v) is 5.19. The quantitative estimate of drug-likeness (QED) is 0.316. The van der Waals surface area contributed by atoms with Gasteiger partial charge in [0, 0.05) is 6.07 Å². The zero-order valence-corrected chi connectivity index (χ0v) is 15.9. The van der Waals surface area contributed by atoms with E-state index in [0.29, 0.717) is 0 Å². The number of thioether (sulfide) groups is 1. The molecule has 2 N–H and O–H groups in total. The van der Waals surface area contributed by atoms with Crippen LogP contribution in [0.3, 0.4) is 0 Å². The van der Waals surface area contributed by atoms with Crippen molar-refractivity contribution >= 4 is 63.6 Å². The van der Waals surface area contributed by atoms with Gasteiger partial charge in [0.25, 0.3) is 11.6 Å². The topological polar surface area (TPSA) is 138 Å². The average molecular weight is 430 g/mol.